The summed E-state index contributed by atoms with van der Waals surface area (Å²) in [5.74, 6) is 0. The molecule has 0 radical (unpaired) electrons. The van der Waals surface area contributed by atoms with Crippen molar-refractivity contribution in [2.24, 2.45) is 5.41 Å². The lowest BCUT2D eigenvalue weighted by atomic mass is 9.86. The van der Waals surface area contributed by atoms with Crippen LogP contribution in [0.2, 0.25) is 0 Å². The van der Waals surface area contributed by atoms with Crippen molar-refractivity contribution >= 4 is 5.57 Å². The zero-order valence-electron chi connectivity index (χ0n) is 14.4. The second kappa shape index (κ2) is 10.8. The van der Waals surface area contributed by atoms with E-state index in [1.165, 1.54) is 23.1 Å². The van der Waals surface area contributed by atoms with Crippen molar-refractivity contribution in [3.05, 3.63) is 42.0 Å². The molecule has 0 heteroatoms. The molecule has 0 saturated heterocycles. The second-order valence-electron chi connectivity index (χ2n) is 5.91. The summed E-state index contributed by atoms with van der Waals surface area (Å²) in [6.07, 6.45) is 2.30. The summed E-state index contributed by atoms with van der Waals surface area (Å²) in [6, 6.07) is 8.60. The number of hydrogen-bond donors (Lipinski definition) is 0. The minimum Gasteiger partial charge on any atom is -0.0952 e. The van der Waals surface area contributed by atoms with Gasteiger partial charge in [-0.3, -0.25) is 0 Å². The number of hydrogen-bond acceptors (Lipinski definition) is 0. The Labute approximate surface area is 121 Å². The van der Waals surface area contributed by atoms with E-state index in [1.54, 1.807) is 0 Å². The van der Waals surface area contributed by atoms with E-state index in [1.807, 2.05) is 13.8 Å². The molecule has 0 amide bonds. The molecule has 0 fully saturated rings. The van der Waals surface area contributed by atoms with Crippen LogP contribution in [0.5, 0.6) is 0 Å². The molecule has 1 rings (SSSR count). The van der Waals surface area contributed by atoms with E-state index >= 15 is 0 Å². The first-order valence-corrected chi connectivity index (χ1v) is 7.55. The smallest absolute Gasteiger partial charge is 0.0230 e. The van der Waals surface area contributed by atoms with Crippen LogP contribution in [0.4, 0.5) is 0 Å². The molecule has 0 bridgehead atoms. The van der Waals surface area contributed by atoms with Gasteiger partial charge in [-0.25, -0.2) is 0 Å². The zero-order chi connectivity index (χ0) is 15.5. The molecule has 0 heterocycles. The van der Waals surface area contributed by atoms with Crippen LogP contribution in [0.3, 0.4) is 0 Å². The molecule has 0 nitrogen and oxygen atoms in total. The van der Waals surface area contributed by atoms with Gasteiger partial charge in [-0.1, -0.05) is 91.3 Å². The third kappa shape index (κ3) is 11.8. The van der Waals surface area contributed by atoms with E-state index in [0.29, 0.717) is 5.41 Å². The predicted octanol–water partition coefficient (Wildman–Crippen LogP) is 6.89. The molecule has 0 N–H and O–H groups in total. The van der Waals surface area contributed by atoms with Crippen LogP contribution >= 0.6 is 0 Å². The molecule has 0 unspecified atom stereocenters. The van der Waals surface area contributed by atoms with Gasteiger partial charge in [-0.15, -0.1) is 0 Å². The molecule has 110 valence electrons. The predicted molar refractivity (Wildman–Crippen MR) is 91.6 cm³/mol. The van der Waals surface area contributed by atoms with Gasteiger partial charge in [0.25, 0.3) is 0 Å². The van der Waals surface area contributed by atoms with E-state index in [0.717, 1.165) is 6.42 Å². The van der Waals surface area contributed by atoms with Crippen molar-refractivity contribution in [1.29, 1.82) is 0 Å². The minimum absolute atomic E-state index is 0.321. The molecule has 0 atom stereocenters. The Morgan fingerprint density at radius 2 is 1.37 bits per heavy atom. The van der Waals surface area contributed by atoms with Gasteiger partial charge in [0.15, 0.2) is 0 Å². The van der Waals surface area contributed by atoms with Crippen LogP contribution in [-0.4, -0.2) is 0 Å². The van der Waals surface area contributed by atoms with E-state index in [4.69, 9.17) is 0 Å². The maximum absolute atomic E-state index is 4.14. The van der Waals surface area contributed by atoms with Gasteiger partial charge >= 0.3 is 0 Å². The quantitative estimate of drug-likeness (QED) is 0.544. The highest BCUT2D eigenvalue weighted by Crippen LogP contribution is 2.28. The fourth-order valence-electron chi connectivity index (χ4n) is 1.53. The van der Waals surface area contributed by atoms with Crippen LogP contribution < -0.4 is 0 Å². The monoisotopic (exact) mass is 262 g/mol. The van der Waals surface area contributed by atoms with Crippen LogP contribution in [0, 0.1) is 12.3 Å². The SMILES string of the molecule is C=C(CC(C)(C)C)c1ccc(C)cc1.CC.CCC. The van der Waals surface area contributed by atoms with Gasteiger partial charge < -0.3 is 0 Å². The van der Waals surface area contributed by atoms with E-state index < -0.39 is 0 Å². The maximum Gasteiger partial charge on any atom is -0.0230 e. The Morgan fingerprint density at radius 3 is 1.68 bits per heavy atom. The topological polar surface area (TPSA) is 0 Å². The summed E-state index contributed by atoms with van der Waals surface area (Å²) in [7, 11) is 0. The molecular weight excluding hydrogens is 228 g/mol. The fraction of sp³-hybridized carbons (Fsp3) is 0.579. The number of benzene rings is 1. The van der Waals surface area contributed by atoms with Gasteiger partial charge in [-0.05, 0) is 29.9 Å². The summed E-state index contributed by atoms with van der Waals surface area (Å²) in [5, 5.41) is 0. The minimum atomic E-state index is 0.321. The molecule has 0 aromatic heterocycles. The third-order valence-corrected chi connectivity index (χ3v) is 2.20. The lowest BCUT2D eigenvalue weighted by Crippen LogP contribution is -2.05. The Kier molecular flexibility index (Phi) is 11.6. The maximum atomic E-state index is 4.14. The molecule has 0 aliphatic carbocycles. The number of allylic oxidation sites excluding steroid dienone is 1. The molecular formula is C19H34. The van der Waals surface area contributed by atoms with Gasteiger partial charge in [0.2, 0.25) is 0 Å². The molecule has 1 aromatic rings. The normalized spacial score (nSPS) is 9.68. The van der Waals surface area contributed by atoms with Crippen molar-refractivity contribution in [1.82, 2.24) is 0 Å². The average molecular weight is 262 g/mol. The van der Waals surface area contributed by atoms with Gasteiger partial charge in [0.05, 0.1) is 0 Å². The van der Waals surface area contributed by atoms with Gasteiger partial charge in [-0.2, -0.15) is 0 Å². The largest absolute Gasteiger partial charge is 0.0952 e. The Morgan fingerprint density at radius 1 is 1.00 bits per heavy atom. The summed E-state index contributed by atoms with van der Waals surface area (Å²) in [4.78, 5) is 0. The summed E-state index contributed by atoms with van der Waals surface area (Å²) >= 11 is 0. The zero-order valence-corrected chi connectivity index (χ0v) is 14.4. The Hall–Kier alpha value is -1.04. The van der Waals surface area contributed by atoms with Crippen molar-refractivity contribution in [2.45, 2.75) is 68.2 Å². The number of aryl methyl sites for hydroxylation is 1. The van der Waals surface area contributed by atoms with Gasteiger partial charge in [0.1, 0.15) is 0 Å². The van der Waals surface area contributed by atoms with Crippen LogP contribution in [-0.2, 0) is 0 Å². The molecule has 1 aromatic carbocycles. The van der Waals surface area contributed by atoms with Crippen molar-refractivity contribution in [3.8, 4) is 0 Å². The summed E-state index contributed by atoms with van der Waals surface area (Å²) in [6.45, 7) is 21.2. The fourth-order valence-corrected chi connectivity index (χ4v) is 1.53. The second-order valence-corrected chi connectivity index (χ2v) is 5.91. The molecule has 0 aliphatic rings. The number of rotatable bonds is 2. The van der Waals surface area contributed by atoms with E-state index in [2.05, 4.69) is 72.4 Å². The Bertz CT molecular complexity index is 322. The highest BCUT2D eigenvalue weighted by atomic mass is 14.2. The van der Waals surface area contributed by atoms with Crippen molar-refractivity contribution in [2.75, 3.05) is 0 Å². The Balaban J connectivity index is 0. The van der Waals surface area contributed by atoms with E-state index in [-0.39, 0.29) is 0 Å². The van der Waals surface area contributed by atoms with Crippen LogP contribution in [0.15, 0.2) is 30.8 Å². The lowest BCUT2D eigenvalue weighted by molar-refractivity contribution is 0.427. The van der Waals surface area contributed by atoms with Crippen molar-refractivity contribution < 1.29 is 0 Å². The van der Waals surface area contributed by atoms with Crippen LogP contribution in [0.1, 0.15) is 72.4 Å². The summed E-state index contributed by atoms with van der Waals surface area (Å²) in [5.41, 5.74) is 4.13. The highest BCUT2D eigenvalue weighted by molar-refractivity contribution is 5.63. The third-order valence-electron chi connectivity index (χ3n) is 2.20. The first kappa shape index (κ1) is 20.3. The first-order chi connectivity index (χ1) is 8.80. The first-order valence-electron chi connectivity index (χ1n) is 7.55. The highest BCUT2D eigenvalue weighted by Gasteiger charge is 2.12. The lowest BCUT2D eigenvalue weighted by Gasteiger charge is -2.19. The summed E-state index contributed by atoms with van der Waals surface area (Å²) < 4.78 is 0. The van der Waals surface area contributed by atoms with Crippen LogP contribution in [0.25, 0.3) is 5.57 Å². The van der Waals surface area contributed by atoms with E-state index in [9.17, 15) is 0 Å². The molecule has 0 aliphatic heterocycles. The standard InChI is InChI=1S/C14H20.C3H8.C2H6/c1-11-6-8-13(9-7-11)12(2)10-14(3,4)5;1-3-2;1-2/h6-9H,2,10H2,1,3-5H3;3H2,1-2H3;1-2H3. The average Bonchev–Trinajstić information content (AvgIpc) is 2.31. The molecule has 0 spiro atoms. The molecule has 19 heavy (non-hydrogen) atoms. The van der Waals surface area contributed by atoms with Crippen molar-refractivity contribution in [3.63, 3.8) is 0 Å². The molecule has 0 saturated carbocycles. The van der Waals surface area contributed by atoms with Gasteiger partial charge in [0, 0.05) is 0 Å².